The Morgan fingerprint density at radius 2 is 2.24 bits per heavy atom. The zero-order chi connectivity index (χ0) is 13.0. The molecule has 0 spiro atoms. The van der Waals surface area contributed by atoms with Gasteiger partial charge in [0.25, 0.3) is 0 Å². The molecular formula is C11H11FN2O3. The fourth-order valence-corrected chi connectivity index (χ4v) is 1.36. The average molecular weight is 238 g/mol. The fraction of sp³-hybridized carbons (Fsp3) is 0.273. The second-order valence-corrected chi connectivity index (χ2v) is 3.55. The fourth-order valence-electron chi connectivity index (χ4n) is 1.36. The van der Waals surface area contributed by atoms with E-state index in [9.17, 15) is 14.3 Å². The number of nitrogens with two attached hydrogens (primary N) is 1. The third-order valence-corrected chi connectivity index (χ3v) is 2.30. The van der Waals surface area contributed by atoms with Crippen LogP contribution < -0.4 is 5.73 Å². The Labute approximate surface area is 96.9 Å². The molecule has 0 bridgehead atoms. The van der Waals surface area contributed by atoms with Crippen LogP contribution in [0.15, 0.2) is 12.1 Å². The van der Waals surface area contributed by atoms with Gasteiger partial charge in [-0.1, -0.05) is 0 Å². The van der Waals surface area contributed by atoms with Crippen molar-refractivity contribution in [1.29, 1.82) is 5.26 Å². The van der Waals surface area contributed by atoms with Crippen LogP contribution in [-0.4, -0.2) is 16.2 Å². The third kappa shape index (κ3) is 3.16. The molecule has 6 heteroatoms. The highest BCUT2D eigenvalue weighted by Crippen LogP contribution is 2.26. The van der Waals surface area contributed by atoms with Gasteiger partial charge in [-0.3, -0.25) is 4.79 Å². The number of phenolic OH excluding ortho intramolecular Hbond substituents is 1. The van der Waals surface area contributed by atoms with Gasteiger partial charge in [0.1, 0.15) is 6.07 Å². The molecule has 1 unspecified atom stereocenters. The Morgan fingerprint density at radius 1 is 1.59 bits per heavy atom. The maximum Gasteiger partial charge on any atom is 0.303 e. The van der Waals surface area contributed by atoms with Crippen molar-refractivity contribution in [2.24, 2.45) is 5.73 Å². The SMILES string of the molecule is N#Cc1cc(C(N)CCC(=O)O)cc(F)c1O. The lowest BCUT2D eigenvalue weighted by molar-refractivity contribution is -0.137. The first kappa shape index (κ1) is 12.9. The van der Waals surface area contributed by atoms with E-state index in [0.29, 0.717) is 0 Å². The van der Waals surface area contributed by atoms with Crippen molar-refractivity contribution in [3.05, 3.63) is 29.1 Å². The van der Waals surface area contributed by atoms with Gasteiger partial charge in [0.05, 0.1) is 5.56 Å². The molecular weight excluding hydrogens is 227 g/mol. The van der Waals surface area contributed by atoms with Gasteiger partial charge in [0.2, 0.25) is 0 Å². The van der Waals surface area contributed by atoms with Crippen LogP contribution in [-0.2, 0) is 4.79 Å². The summed E-state index contributed by atoms with van der Waals surface area (Å²) in [6.07, 6.45) is -0.0179. The number of nitrogens with zero attached hydrogens (tertiary/aromatic N) is 1. The lowest BCUT2D eigenvalue weighted by Crippen LogP contribution is -2.12. The van der Waals surface area contributed by atoms with Crippen molar-refractivity contribution in [3.63, 3.8) is 0 Å². The Kier molecular flexibility index (Phi) is 4.01. The van der Waals surface area contributed by atoms with E-state index in [-0.39, 0.29) is 24.0 Å². The van der Waals surface area contributed by atoms with Crippen molar-refractivity contribution >= 4 is 5.97 Å². The van der Waals surface area contributed by atoms with Gasteiger partial charge in [-0.15, -0.1) is 0 Å². The number of rotatable bonds is 4. The molecule has 0 aliphatic heterocycles. The van der Waals surface area contributed by atoms with Gasteiger partial charge < -0.3 is 15.9 Å². The highest BCUT2D eigenvalue weighted by atomic mass is 19.1. The molecule has 17 heavy (non-hydrogen) atoms. The molecule has 0 fully saturated rings. The molecule has 0 aromatic heterocycles. The summed E-state index contributed by atoms with van der Waals surface area (Å²) in [5.41, 5.74) is 5.74. The zero-order valence-electron chi connectivity index (χ0n) is 8.85. The molecule has 0 radical (unpaired) electrons. The van der Waals surface area contributed by atoms with Crippen LogP contribution in [0.25, 0.3) is 0 Å². The van der Waals surface area contributed by atoms with Crippen LogP contribution in [0.4, 0.5) is 4.39 Å². The molecule has 1 rings (SSSR count). The van der Waals surface area contributed by atoms with Crippen molar-refractivity contribution in [1.82, 2.24) is 0 Å². The summed E-state index contributed by atoms with van der Waals surface area (Å²) in [6, 6.07) is 3.21. The summed E-state index contributed by atoms with van der Waals surface area (Å²) in [4.78, 5) is 10.4. The molecule has 4 N–H and O–H groups in total. The summed E-state index contributed by atoms with van der Waals surface area (Å²) in [6.45, 7) is 0. The number of carboxylic acid groups (broad SMARTS) is 1. The van der Waals surface area contributed by atoms with E-state index in [1.807, 2.05) is 0 Å². The first-order chi connectivity index (χ1) is 7.95. The Hall–Kier alpha value is -2.13. The minimum Gasteiger partial charge on any atom is -0.504 e. The number of carbonyl (C=O) groups is 1. The maximum absolute atomic E-state index is 13.2. The molecule has 90 valence electrons. The number of benzene rings is 1. The number of halogens is 1. The van der Waals surface area contributed by atoms with Crippen LogP contribution in [0.5, 0.6) is 5.75 Å². The van der Waals surface area contributed by atoms with Gasteiger partial charge >= 0.3 is 5.97 Å². The molecule has 0 heterocycles. The Morgan fingerprint density at radius 3 is 2.76 bits per heavy atom. The molecule has 1 aromatic carbocycles. The monoisotopic (exact) mass is 238 g/mol. The van der Waals surface area contributed by atoms with E-state index in [1.165, 1.54) is 6.07 Å². The summed E-state index contributed by atoms with van der Waals surface area (Å²) in [7, 11) is 0. The summed E-state index contributed by atoms with van der Waals surface area (Å²) in [5.74, 6) is -2.66. The van der Waals surface area contributed by atoms with E-state index in [1.54, 1.807) is 6.07 Å². The molecule has 1 aromatic rings. The Balaban J connectivity index is 2.95. The Bertz CT molecular complexity index is 482. The van der Waals surface area contributed by atoms with Gasteiger partial charge in [-0.05, 0) is 24.1 Å². The van der Waals surface area contributed by atoms with E-state index in [0.717, 1.165) is 6.07 Å². The number of carboxylic acids is 1. The summed E-state index contributed by atoms with van der Waals surface area (Å²) < 4.78 is 13.2. The van der Waals surface area contributed by atoms with E-state index < -0.39 is 23.6 Å². The topological polar surface area (TPSA) is 107 Å². The van der Waals surface area contributed by atoms with Crippen molar-refractivity contribution < 1.29 is 19.4 Å². The smallest absolute Gasteiger partial charge is 0.303 e. The average Bonchev–Trinajstić information content (AvgIpc) is 2.29. The minimum absolute atomic E-state index is 0.129. The summed E-state index contributed by atoms with van der Waals surface area (Å²) >= 11 is 0. The van der Waals surface area contributed by atoms with Crippen LogP contribution in [0.3, 0.4) is 0 Å². The second-order valence-electron chi connectivity index (χ2n) is 3.55. The predicted octanol–water partition coefficient (Wildman–Crippen LogP) is 1.27. The molecule has 1 atom stereocenters. The van der Waals surface area contributed by atoms with E-state index >= 15 is 0 Å². The maximum atomic E-state index is 13.2. The lowest BCUT2D eigenvalue weighted by atomic mass is 10.00. The standard InChI is InChI=1S/C11H11FN2O3/c12-8-4-6(3-7(5-13)11(8)17)9(14)1-2-10(15)16/h3-4,9,17H,1-2,14H2,(H,15,16). The predicted molar refractivity (Wildman–Crippen MR) is 56.6 cm³/mol. The number of aromatic hydroxyl groups is 1. The van der Waals surface area contributed by atoms with E-state index in [2.05, 4.69) is 0 Å². The van der Waals surface area contributed by atoms with Gasteiger partial charge in [0, 0.05) is 12.5 Å². The van der Waals surface area contributed by atoms with Gasteiger partial charge in [-0.2, -0.15) is 5.26 Å². The lowest BCUT2D eigenvalue weighted by Gasteiger charge is -2.11. The van der Waals surface area contributed by atoms with Crippen LogP contribution >= 0.6 is 0 Å². The number of hydrogen-bond acceptors (Lipinski definition) is 4. The zero-order valence-corrected chi connectivity index (χ0v) is 8.85. The minimum atomic E-state index is -1.000. The quantitative estimate of drug-likeness (QED) is 0.732. The molecule has 0 saturated carbocycles. The van der Waals surface area contributed by atoms with Crippen LogP contribution in [0.2, 0.25) is 0 Å². The van der Waals surface area contributed by atoms with Gasteiger partial charge in [-0.25, -0.2) is 4.39 Å². The molecule has 0 amide bonds. The normalized spacial score (nSPS) is 11.8. The highest BCUT2D eigenvalue weighted by molar-refractivity contribution is 5.66. The molecule has 0 saturated heterocycles. The van der Waals surface area contributed by atoms with Crippen LogP contribution in [0, 0.1) is 17.1 Å². The number of hydrogen-bond donors (Lipinski definition) is 3. The molecule has 0 aliphatic rings. The van der Waals surface area contributed by atoms with Crippen LogP contribution in [0.1, 0.15) is 30.0 Å². The van der Waals surface area contributed by atoms with Crippen molar-refractivity contribution in [3.8, 4) is 11.8 Å². The number of phenols is 1. The number of aliphatic carboxylic acids is 1. The van der Waals surface area contributed by atoms with Crippen molar-refractivity contribution in [2.75, 3.05) is 0 Å². The second kappa shape index (κ2) is 5.27. The summed E-state index contributed by atoms with van der Waals surface area (Å²) in [5, 5.41) is 26.3. The number of nitriles is 1. The largest absolute Gasteiger partial charge is 0.504 e. The molecule has 5 nitrogen and oxygen atoms in total. The van der Waals surface area contributed by atoms with Gasteiger partial charge in [0.15, 0.2) is 11.6 Å². The first-order valence-electron chi connectivity index (χ1n) is 4.85. The van der Waals surface area contributed by atoms with Crippen molar-refractivity contribution in [2.45, 2.75) is 18.9 Å². The third-order valence-electron chi connectivity index (χ3n) is 2.30. The highest BCUT2D eigenvalue weighted by Gasteiger charge is 2.14. The van der Waals surface area contributed by atoms with E-state index in [4.69, 9.17) is 16.1 Å². The first-order valence-corrected chi connectivity index (χ1v) is 4.85. The molecule has 0 aliphatic carbocycles.